The molecule has 0 saturated heterocycles. The van der Waals surface area contributed by atoms with Crippen molar-refractivity contribution < 1.29 is 4.74 Å². The highest BCUT2D eigenvalue weighted by molar-refractivity contribution is 5.90. The molecule has 100 valence electrons. The number of benzene rings is 1. The lowest BCUT2D eigenvalue weighted by Gasteiger charge is -2.09. The van der Waals surface area contributed by atoms with Crippen LogP contribution in [-0.4, -0.2) is 22.1 Å². The van der Waals surface area contributed by atoms with Gasteiger partial charge in [0.25, 0.3) is 0 Å². The molecule has 0 bridgehead atoms. The molecule has 0 aliphatic rings. The van der Waals surface area contributed by atoms with Crippen LogP contribution in [0.1, 0.15) is 5.56 Å². The lowest BCUT2D eigenvalue weighted by molar-refractivity contribution is 0.398. The monoisotopic (exact) mass is 266 g/mol. The summed E-state index contributed by atoms with van der Waals surface area (Å²) in [6.07, 6.45) is 3.20. The van der Waals surface area contributed by atoms with E-state index in [2.05, 4.69) is 39.3 Å². The maximum atomic E-state index is 5.15. The molecular formula is C15H14N4O. The lowest BCUT2D eigenvalue weighted by atomic mass is 10.2. The van der Waals surface area contributed by atoms with Gasteiger partial charge in [-0.1, -0.05) is 12.1 Å². The molecule has 3 rings (SSSR count). The number of aromatic nitrogens is 3. The van der Waals surface area contributed by atoms with Crippen LogP contribution in [0.15, 0.2) is 42.9 Å². The number of nitrogens with zero attached hydrogens (tertiary/aromatic N) is 3. The van der Waals surface area contributed by atoms with E-state index in [1.54, 1.807) is 13.3 Å². The molecule has 0 unspecified atom stereocenters. The van der Waals surface area contributed by atoms with E-state index in [1.807, 2.05) is 18.2 Å². The molecule has 0 spiro atoms. The normalized spacial score (nSPS) is 10.5. The van der Waals surface area contributed by atoms with Crippen LogP contribution in [0, 0.1) is 6.92 Å². The Labute approximate surface area is 116 Å². The Hall–Kier alpha value is -2.69. The zero-order valence-corrected chi connectivity index (χ0v) is 11.3. The molecule has 5 heteroatoms. The second kappa shape index (κ2) is 5.13. The molecule has 2 aromatic heterocycles. The second-order valence-corrected chi connectivity index (χ2v) is 4.46. The highest BCUT2D eigenvalue weighted by Gasteiger charge is 2.06. The third-order valence-corrected chi connectivity index (χ3v) is 2.99. The standard InChI is InChI=1S/C15H14N4O/c1-10-4-3-5-11(6-10)19-15-12-7-14(20-2)16-8-13(12)17-9-18-15/h3-9H,1-2H3,(H,17,18,19). The molecule has 3 aromatic rings. The van der Waals surface area contributed by atoms with Gasteiger partial charge in [-0.2, -0.15) is 0 Å². The van der Waals surface area contributed by atoms with E-state index in [9.17, 15) is 0 Å². The number of fused-ring (bicyclic) bond motifs is 1. The van der Waals surface area contributed by atoms with Crippen molar-refractivity contribution in [2.75, 3.05) is 12.4 Å². The molecule has 0 atom stereocenters. The Morgan fingerprint density at radius 1 is 1.10 bits per heavy atom. The van der Waals surface area contributed by atoms with Gasteiger partial charge < -0.3 is 10.1 Å². The number of aryl methyl sites for hydroxylation is 1. The molecule has 0 aliphatic carbocycles. The van der Waals surface area contributed by atoms with Gasteiger partial charge >= 0.3 is 0 Å². The third kappa shape index (κ3) is 2.38. The predicted molar refractivity (Wildman–Crippen MR) is 78.3 cm³/mol. The van der Waals surface area contributed by atoms with Crippen molar-refractivity contribution in [3.63, 3.8) is 0 Å². The number of hydrogen-bond acceptors (Lipinski definition) is 5. The number of nitrogens with one attached hydrogen (secondary N) is 1. The second-order valence-electron chi connectivity index (χ2n) is 4.46. The fourth-order valence-corrected chi connectivity index (χ4v) is 2.01. The Morgan fingerprint density at radius 3 is 2.80 bits per heavy atom. The number of hydrogen-bond donors (Lipinski definition) is 1. The van der Waals surface area contributed by atoms with Crippen LogP contribution in [0.25, 0.3) is 10.9 Å². The van der Waals surface area contributed by atoms with Crippen molar-refractivity contribution in [2.24, 2.45) is 0 Å². The number of methoxy groups -OCH3 is 1. The van der Waals surface area contributed by atoms with Crippen LogP contribution in [0.4, 0.5) is 11.5 Å². The first-order valence-corrected chi connectivity index (χ1v) is 6.25. The topological polar surface area (TPSA) is 59.9 Å². The molecule has 5 nitrogen and oxygen atoms in total. The molecule has 0 fully saturated rings. The maximum Gasteiger partial charge on any atom is 0.213 e. The molecule has 2 heterocycles. The van der Waals surface area contributed by atoms with Crippen molar-refractivity contribution in [1.29, 1.82) is 0 Å². The average molecular weight is 266 g/mol. The summed E-state index contributed by atoms with van der Waals surface area (Å²) < 4.78 is 5.15. The SMILES string of the molecule is COc1cc2c(Nc3cccc(C)c3)ncnc2cn1. The molecule has 0 radical (unpaired) electrons. The van der Waals surface area contributed by atoms with Gasteiger partial charge in [0.2, 0.25) is 5.88 Å². The van der Waals surface area contributed by atoms with Gasteiger partial charge in [-0.25, -0.2) is 15.0 Å². The summed E-state index contributed by atoms with van der Waals surface area (Å²) in [6.45, 7) is 2.05. The van der Waals surface area contributed by atoms with Crippen molar-refractivity contribution in [1.82, 2.24) is 15.0 Å². The summed E-state index contributed by atoms with van der Waals surface area (Å²) in [4.78, 5) is 12.7. The molecule has 0 saturated carbocycles. The van der Waals surface area contributed by atoms with Crippen LogP contribution in [0.2, 0.25) is 0 Å². The van der Waals surface area contributed by atoms with Gasteiger partial charge in [-0.15, -0.1) is 0 Å². The van der Waals surface area contributed by atoms with E-state index in [0.29, 0.717) is 5.88 Å². The molecule has 0 amide bonds. The number of rotatable bonds is 3. The van der Waals surface area contributed by atoms with E-state index in [4.69, 9.17) is 4.74 Å². The fourth-order valence-electron chi connectivity index (χ4n) is 2.01. The van der Waals surface area contributed by atoms with Crippen LogP contribution in [0.3, 0.4) is 0 Å². The van der Waals surface area contributed by atoms with E-state index in [0.717, 1.165) is 22.4 Å². The van der Waals surface area contributed by atoms with Crippen LogP contribution < -0.4 is 10.1 Å². The first kappa shape index (κ1) is 12.3. The van der Waals surface area contributed by atoms with Crippen LogP contribution >= 0.6 is 0 Å². The van der Waals surface area contributed by atoms with Gasteiger partial charge in [0, 0.05) is 17.1 Å². The predicted octanol–water partition coefficient (Wildman–Crippen LogP) is 3.09. The van der Waals surface area contributed by atoms with Crippen molar-refractivity contribution >= 4 is 22.4 Å². The first-order valence-electron chi connectivity index (χ1n) is 6.25. The molecule has 1 aromatic carbocycles. The maximum absolute atomic E-state index is 5.15. The van der Waals surface area contributed by atoms with E-state index in [-0.39, 0.29) is 0 Å². The van der Waals surface area contributed by atoms with E-state index in [1.165, 1.54) is 11.9 Å². The lowest BCUT2D eigenvalue weighted by Crippen LogP contribution is -1.97. The first-order chi connectivity index (χ1) is 9.76. The minimum atomic E-state index is 0.541. The van der Waals surface area contributed by atoms with Gasteiger partial charge in [0.05, 0.1) is 18.8 Å². The zero-order chi connectivity index (χ0) is 13.9. The summed E-state index contributed by atoms with van der Waals surface area (Å²) in [6, 6.07) is 9.94. The number of pyridine rings is 1. The van der Waals surface area contributed by atoms with Crippen molar-refractivity contribution in [3.05, 3.63) is 48.4 Å². The highest BCUT2D eigenvalue weighted by Crippen LogP contribution is 2.25. The largest absolute Gasteiger partial charge is 0.481 e. The van der Waals surface area contributed by atoms with E-state index < -0.39 is 0 Å². The number of anilines is 2. The molecule has 1 N–H and O–H groups in total. The minimum absolute atomic E-state index is 0.541. The smallest absolute Gasteiger partial charge is 0.213 e. The quantitative estimate of drug-likeness (QED) is 0.789. The molecule has 0 aliphatic heterocycles. The summed E-state index contributed by atoms with van der Waals surface area (Å²) in [5, 5.41) is 4.18. The van der Waals surface area contributed by atoms with Crippen LogP contribution in [-0.2, 0) is 0 Å². The Morgan fingerprint density at radius 2 is 2.00 bits per heavy atom. The highest BCUT2D eigenvalue weighted by atomic mass is 16.5. The Kier molecular flexibility index (Phi) is 3.16. The van der Waals surface area contributed by atoms with Gasteiger partial charge in [0.15, 0.2) is 0 Å². The van der Waals surface area contributed by atoms with Crippen LogP contribution in [0.5, 0.6) is 5.88 Å². The fraction of sp³-hybridized carbons (Fsp3) is 0.133. The summed E-state index contributed by atoms with van der Waals surface area (Å²) >= 11 is 0. The van der Waals surface area contributed by atoms with Gasteiger partial charge in [0.1, 0.15) is 12.1 Å². The van der Waals surface area contributed by atoms with E-state index >= 15 is 0 Å². The number of ether oxygens (including phenoxy) is 1. The summed E-state index contributed by atoms with van der Waals surface area (Å²) in [7, 11) is 1.59. The Balaban J connectivity index is 2.06. The zero-order valence-electron chi connectivity index (χ0n) is 11.3. The minimum Gasteiger partial charge on any atom is -0.481 e. The molecular weight excluding hydrogens is 252 g/mol. The van der Waals surface area contributed by atoms with Gasteiger partial charge in [-0.05, 0) is 24.6 Å². The van der Waals surface area contributed by atoms with Crippen molar-refractivity contribution in [2.45, 2.75) is 6.92 Å². The summed E-state index contributed by atoms with van der Waals surface area (Å²) in [5.74, 6) is 1.28. The van der Waals surface area contributed by atoms with Gasteiger partial charge in [-0.3, -0.25) is 0 Å². The Bertz CT molecular complexity index is 758. The molecule has 20 heavy (non-hydrogen) atoms. The average Bonchev–Trinajstić information content (AvgIpc) is 2.47. The third-order valence-electron chi connectivity index (χ3n) is 2.99. The summed E-state index contributed by atoms with van der Waals surface area (Å²) in [5.41, 5.74) is 2.95. The van der Waals surface area contributed by atoms with Crippen molar-refractivity contribution in [3.8, 4) is 5.88 Å².